The summed E-state index contributed by atoms with van der Waals surface area (Å²) in [5.74, 6) is 0. The van der Waals surface area contributed by atoms with Crippen molar-refractivity contribution in [3.05, 3.63) is 33.8 Å². The first-order valence-electron chi connectivity index (χ1n) is 5.51. The Labute approximate surface area is 106 Å². The highest BCUT2D eigenvalue weighted by atomic mass is 35.5. The Hall–Kier alpha value is -0.280. The van der Waals surface area contributed by atoms with Gasteiger partial charge in [0.25, 0.3) is 0 Å². The number of ether oxygens (including phenoxy) is 1. The van der Waals surface area contributed by atoms with E-state index in [9.17, 15) is 0 Å². The van der Waals surface area contributed by atoms with E-state index in [1.807, 2.05) is 18.2 Å². The lowest BCUT2D eigenvalue weighted by molar-refractivity contribution is 0.103. The van der Waals surface area contributed by atoms with E-state index in [-0.39, 0.29) is 0 Å². The van der Waals surface area contributed by atoms with Crippen LogP contribution in [-0.2, 0) is 11.3 Å². The Kier molecular flexibility index (Phi) is 4.47. The molecule has 16 heavy (non-hydrogen) atoms. The minimum Gasteiger partial charge on any atom is -0.375 e. The fourth-order valence-electron chi connectivity index (χ4n) is 1.87. The maximum absolute atomic E-state index is 6.04. The number of hydrogen-bond donors (Lipinski definition) is 1. The molecule has 0 saturated carbocycles. The molecule has 1 aliphatic rings. The molecule has 1 saturated heterocycles. The topological polar surface area (TPSA) is 21.3 Å². The Morgan fingerprint density at radius 2 is 2.06 bits per heavy atom. The molecule has 0 aliphatic carbocycles. The summed E-state index contributed by atoms with van der Waals surface area (Å²) in [4.78, 5) is 0. The van der Waals surface area contributed by atoms with Gasteiger partial charge in [-0.25, -0.2) is 0 Å². The van der Waals surface area contributed by atoms with Gasteiger partial charge in [0.2, 0.25) is 0 Å². The van der Waals surface area contributed by atoms with Crippen LogP contribution in [0, 0.1) is 0 Å². The Morgan fingerprint density at radius 1 is 1.31 bits per heavy atom. The summed E-state index contributed by atoms with van der Waals surface area (Å²) < 4.78 is 5.63. The lowest BCUT2D eigenvalue weighted by Gasteiger charge is -2.12. The van der Waals surface area contributed by atoms with Crippen molar-refractivity contribution in [2.24, 2.45) is 0 Å². The highest BCUT2D eigenvalue weighted by Crippen LogP contribution is 2.25. The van der Waals surface area contributed by atoms with Crippen LogP contribution in [0.5, 0.6) is 0 Å². The molecular formula is C12H15Cl2NO. The van der Waals surface area contributed by atoms with Crippen molar-refractivity contribution in [1.82, 2.24) is 5.32 Å². The predicted octanol–water partition coefficient (Wildman–Crippen LogP) is 3.26. The van der Waals surface area contributed by atoms with Crippen molar-refractivity contribution in [1.29, 1.82) is 0 Å². The first-order valence-corrected chi connectivity index (χ1v) is 6.27. The first-order chi connectivity index (χ1) is 7.77. The van der Waals surface area contributed by atoms with Crippen molar-refractivity contribution >= 4 is 23.2 Å². The van der Waals surface area contributed by atoms with Crippen molar-refractivity contribution in [2.45, 2.75) is 25.5 Å². The second kappa shape index (κ2) is 5.87. The molecule has 0 spiro atoms. The zero-order valence-electron chi connectivity index (χ0n) is 9.01. The van der Waals surface area contributed by atoms with Gasteiger partial charge < -0.3 is 10.1 Å². The smallest absolute Gasteiger partial charge is 0.0746 e. The normalized spacial score (nSPS) is 20.2. The minimum absolute atomic E-state index is 0.483. The van der Waals surface area contributed by atoms with Gasteiger partial charge in [-0.3, -0.25) is 0 Å². The number of nitrogens with one attached hydrogen (secondary N) is 1. The van der Waals surface area contributed by atoms with Crippen molar-refractivity contribution in [3.63, 3.8) is 0 Å². The van der Waals surface area contributed by atoms with Gasteiger partial charge in [0.05, 0.1) is 13.2 Å². The quantitative estimate of drug-likeness (QED) is 0.897. The van der Waals surface area contributed by atoms with E-state index >= 15 is 0 Å². The number of halogens is 2. The molecule has 1 atom stereocenters. The fraction of sp³-hybridized carbons (Fsp3) is 0.500. The molecule has 2 nitrogen and oxygen atoms in total. The summed E-state index contributed by atoms with van der Waals surface area (Å²) in [6.07, 6.45) is 2.43. The highest BCUT2D eigenvalue weighted by molar-refractivity contribution is 6.35. The molecule has 4 heteroatoms. The van der Waals surface area contributed by atoms with Crippen LogP contribution < -0.4 is 5.32 Å². The zero-order valence-corrected chi connectivity index (χ0v) is 10.5. The predicted molar refractivity (Wildman–Crippen MR) is 67.1 cm³/mol. The summed E-state index contributed by atoms with van der Waals surface area (Å²) in [5, 5.41) is 4.73. The van der Waals surface area contributed by atoms with E-state index in [4.69, 9.17) is 27.9 Å². The molecule has 2 rings (SSSR count). The van der Waals surface area contributed by atoms with E-state index in [1.165, 1.54) is 12.8 Å². The average Bonchev–Trinajstić information content (AvgIpc) is 2.75. The number of rotatable bonds is 4. The molecule has 1 aliphatic heterocycles. The maximum Gasteiger partial charge on any atom is 0.0746 e. The van der Waals surface area contributed by atoms with E-state index in [0.717, 1.165) is 18.7 Å². The Balaban J connectivity index is 1.84. The largest absolute Gasteiger partial charge is 0.375 e. The van der Waals surface area contributed by atoms with Gasteiger partial charge in [-0.05, 0) is 31.5 Å². The Bertz CT molecular complexity index is 331. The first kappa shape index (κ1) is 12.2. The molecular weight excluding hydrogens is 245 g/mol. The third-order valence-corrected chi connectivity index (χ3v) is 3.50. The molecule has 1 unspecified atom stereocenters. The monoisotopic (exact) mass is 259 g/mol. The summed E-state index contributed by atoms with van der Waals surface area (Å²) in [7, 11) is 0. The molecule has 1 aromatic carbocycles. The lowest BCUT2D eigenvalue weighted by atomic mass is 10.2. The van der Waals surface area contributed by atoms with Crippen LogP contribution in [0.1, 0.15) is 18.4 Å². The molecule has 88 valence electrons. The van der Waals surface area contributed by atoms with Crippen LogP contribution in [0.2, 0.25) is 10.0 Å². The van der Waals surface area contributed by atoms with Gasteiger partial charge in [-0.15, -0.1) is 0 Å². The Morgan fingerprint density at radius 3 is 2.69 bits per heavy atom. The third-order valence-electron chi connectivity index (χ3n) is 2.79. The van der Waals surface area contributed by atoms with Crippen molar-refractivity contribution in [3.8, 4) is 0 Å². The second-order valence-corrected chi connectivity index (χ2v) is 4.82. The van der Waals surface area contributed by atoms with Gasteiger partial charge in [0.1, 0.15) is 0 Å². The fourth-order valence-corrected chi connectivity index (χ4v) is 2.38. The third kappa shape index (κ3) is 3.11. The summed E-state index contributed by atoms with van der Waals surface area (Å²) in [5.41, 5.74) is 0.879. The van der Waals surface area contributed by atoms with Gasteiger partial charge in [0.15, 0.2) is 0 Å². The SMILES string of the molecule is Clc1cccc(Cl)c1COCC1CCCN1. The number of hydrogen-bond acceptors (Lipinski definition) is 2. The minimum atomic E-state index is 0.483. The van der Waals surface area contributed by atoms with Crippen LogP contribution >= 0.6 is 23.2 Å². The molecule has 0 radical (unpaired) electrons. The molecule has 0 bridgehead atoms. The van der Waals surface area contributed by atoms with Crippen molar-refractivity contribution < 1.29 is 4.74 Å². The molecule has 1 fully saturated rings. The van der Waals surface area contributed by atoms with Crippen LogP contribution in [0.15, 0.2) is 18.2 Å². The van der Waals surface area contributed by atoms with E-state index in [1.54, 1.807) is 0 Å². The average molecular weight is 260 g/mol. The second-order valence-electron chi connectivity index (χ2n) is 4.01. The molecule has 1 aromatic rings. The zero-order chi connectivity index (χ0) is 11.4. The van der Waals surface area contributed by atoms with Crippen LogP contribution in [0.25, 0.3) is 0 Å². The van der Waals surface area contributed by atoms with Crippen molar-refractivity contribution in [2.75, 3.05) is 13.2 Å². The van der Waals surface area contributed by atoms with E-state index < -0.39 is 0 Å². The van der Waals surface area contributed by atoms with Crippen LogP contribution in [-0.4, -0.2) is 19.2 Å². The summed E-state index contributed by atoms with van der Waals surface area (Å²) in [6.45, 7) is 2.30. The standard InChI is InChI=1S/C12H15Cl2NO/c13-11-4-1-5-12(14)10(11)8-16-7-9-3-2-6-15-9/h1,4-5,9,15H,2-3,6-8H2. The molecule has 0 amide bonds. The van der Waals surface area contributed by atoms with Gasteiger partial charge in [-0.2, -0.15) is 0 Å². The van der Waals surface area contributed by atoms with E-state index in [0.29, 0.717) is 22.7 Å². The van der Waals surface area contributed by atoms with Crippen LogP contribution in [0.4, 0.5) is 0 Å². The van der Waals surface area contributed by atoms with Gasteiger partial charge in [0, 0.05) is 21.7 Å². The number of benzene rings is 1. The molecule has 1 heterocycles. The lowest BCUT2D eigenvalue weighted by Crippen LogP contribution is -2.26. The maximum atomic E-state index is 6.04. The highest BCUT2D eigenvalue weighted by Gasteiger charge is 2.14. The van der Waals surface area contributed by atoms with Gasteiger partial charge in [-0.1, -0.05) is 29.3 Å². The molecule has 0 aromatic heterocycles. The summed E-state index contributed by atoms with van der Waals surface area (Å²) in [6, 6.07) is 5.99. The van der Waals surface area contributed by atoms with Gasteiger partial charge >= 0.3 is 0 Å². The molecule has 1 N–H and O–H groups in total. The van der Waals surface area contributed by atoms with Crippen LogP contribution in [0.3, 0.4) is 0 Å². The summed E-state index contributed by atoms with van der Waals surface area (Å²) >= 11 is 12.1. The van der Waals surface area contributed by atoms with E-state index in [2.05, 4.69) is 5.32 Å².